The Kier molecular flexibility index (Phi) is 5.84. The third-order valence-electron chi connectivity index (χ3n) is 5.89. The van der Waals surface area contributed by atoms with Crippen molar-refractivity contribution < 1.29 is 14.6 Å². The summed E-state index contributed by atoms with van der Waals surface area (Å²) in [6.45, 7) is 5.27. The monoisotopic (exact) mass is 480 g/mol. The molecule has 0 aliphatic carbocycles. The number of aryl methyl sites for hydroxylation is 1. The molecule has 3 heterocycles. The van der Waals surface area contributed by atoms with Crippen LogP contribution in [0.4, 0.5) is 5.69 Å². The molecule has 4 aromatic rings. The first kappa shape index (κ1) is 23.4. The predicted molar refractivity (Wildman–Crippen MR) is 144 cm³/mol. The summed E-state index contributed by atoms with van der Waals surface area (Å²) in [5, 5.41) is 12.2. The zero-order valence-corrected chi connectivity index (χ0v) is 20.8. The number of aromatic hydroxyl groups is 1. The van der Waals surface area contributed by atoms with Crippen molar-refractivity contribution in [3.8, 4) is 5.88 Å². The number of para-hydroxylation sites is 2. The Labute approximate surface area is 209 Å². The number of imidazole rings is 1. The fraction of sp³-hybridized carbons (Fsp3) is 0.207. The van der Waals surface area contributed by atoms with E-state index < -0.39 is 11.6 Å². The number of carbonyl (C=O) groups is 1. The highest BCUT2D eigenvalue weighted by atomic mass is 16.6. The fourth-order valence-corrected chi connectivity index (χ4v) is 4.33. The number of allylic oxidation sites excluding steroid dienone is 1. The van der Waals surface area contributed by atoms with E-state index in [1.807, 2.05) is 82.6 Å². The second-order valence-electron chi connectivity index (χ2n) is 9.77. The number of carbonyl (C=O) groups excluding carboxylic acids is 1. The van der Waals surface area contributed by atoms with Crippen LogP contribution in [0.15, 0.2) is 59.7 Å². The minimum Gasteiger partial charge on any atom is -0.493 e. The first-order valence-corrected chi connectivity index (χ1v) is 11.8. The van der Waals surface area contributed by atoms with Gasteiger partial charge in [0.2, 0.25) is 5.88 Å². The van der Waals surface area contributed by atoms with Crippen molar-refractivity contribution >= 4 is 52.6 Å². The Morgan fingerprint density at radius 3 is 2.64 bits per heavy atom. The molecule has 182 valence electrons. The summed E-state index contributed by atoms with van der Waals surface area (Å²) in [4.78, 5) is 21.8. The van der Waals surface area contributed by atoms with Crippen molar-refractivity contribution in [2.24, 2.45) is 12.0 Å². The lowest BCUT2D eigenvalue weighted by Gasteiger charge is -2.20. The molecule has 0 fully saturated rings. The van der Waals surface area contributed by atoms with Gasteiger partial charge in [-0.3, -0.25) is 14.4 Å². The largest absolute Gasteiger partial charge is 0.493 e. The molecule has 2 aromatic heterocycles. The van der Waals surface area contributed by atoms with Crippen molar-refractivity contribution in [2.45, 2.75) is 32.9 Å². The maximum atomic E-state index is 12.7. The molecule has 0 radical (unpaired) electrons. The minimum atomic E-state index is -0.638. The summed E-state index contributed by atoms with van der Waals surface area (Å²) in [5.74, 6) is -0.118. The minimum absolute atomic E-state index is 0.108. The summed E-state index contributed by atoms with van der Waals surface area (Å²) in [7, 11) is 2.00. The number of rotatable bonds is 5. The lowest BCUT2D eigenvalue weighted by Crippen LogP contribution is -2.26. The van der Waals surface area contributed by atoms with Crippen molar-refractivity contribution in [1.29, 1.82) is 0 Å². The zero-order valence-electron chi connectivity index (χ0n) is 20.8. The number of esters is 1. The van der Waals surface area contributed by atoms with Crippen molar-refractivity contribution in [1.82, 2.24) is 14.1 Å². The second kappa shape index (κ2) is 9.00. The molecule has 1 aliphatic rings. The molecular formula is C29H28N4O3. The van der Waals surface area contributed by atoms with Crippen molar-refractivity contribution in [3.05, 3.63) is 77.4 Å². The number of benzene rings is 2. The maximum absolute atomic E-state index is 12.7. The number of ether oxygens (including phenoxy) is 1. The van der Waals surface area contributed by atoms with Gasteiger partial charge in [0.15, 0.2) is 0 Å². The van der Waals surface area contributed by atoms with E-state index in [4.69, 9.17) is 4.74 Å². The van der Waals surface area contributed by atoms with Gasteiger partial charge in [-0.05, 0) is 51.1 Å². The number of hydrogen-bond acceptors (Lipinski definition) is 5. The average molecular weight is 481 g/mol. The molecule has 0 spiro atoms. The van der Waals surface area contributed by atoms with Crippen LogP contribution in [-0.4, -0.2) is 37.0 Å². The summed E-state index contributed by atoms with van der Waals surface area (Å²) < 4.78 is 9.04. The van der Waals surface area contributed by atoms with Crippen LogP contribution in [0.25, 0.3) is 34.7 Å². The van der Waals surface area contributed by atoms with Crippen LogP contribution in [0.5, 0.6) is 5.88 Å². The zero-order chi connectivity index (χ0) is 25.4. The molecule has 0 saturated carbocycles. The maximum Gasteiger partial charge on any atom is 0.326 e. The molecule has 7 nitrogen and oxygen atoms in total. The number of hydrogen-bond donors (Lipinski definition) is 1. The molecule has 7 heteroatoms. The second-order valence-corrected chi connectivity index (χ2v) is 9.77. The Bertz CT molecular complexity index is 1560. The Morgan fingerprint density at radius 1 is 1.08 bits per heavy atom. The van der Waals surface area contributed by atoms with Crippen LogP contribution < -0.4 is 0 Å². The van der Waals surface area contributed by atoms with Crippen LogP contribution in [0.3, 0.4) is 0 Å². The molecule has 1 N–H and O–H groups in total. The topological polar surface area (TPSA) is 81.6 Å². The van der Waals surface area contributed by atoms with Crippen molar-refractivity contribution in [2.75, 3.05) is 0 Å². The third kappa shape index (κ3) is 4.60. The van der Waals surface area contributed by atoms with Gasteiger partial charge in [-0.25, -0.2) is 4.98 Å². The number of nitrogens with zero attached hydrogens (tertiary/aromatic N) is 4. The van der Waals surface area contributed by atoms with E-state index in [0.717, 1.165) is 33.3 Å². The van der Waals surface area contributed by atoms with Crippen LogP contribution in [0.2, 0.25) is 0 Å². The van der Waals surface area contributed by atoms with Gasteiger partial charge in [-0.1, -0.05) is 36.4 Å². The van der Waals surface area contributed by atoms with Gasteiger partial charge in [-0.2, -0.15) is 0 Å². The van der Waals surface area contributed by atoms with Gasteiger partial charge in [-0.15, -0.1) is 0 Å². The molecule has 0 saturated heterocycles. The molecule has 0 atom stereocenters. The van der Waals surface area contributed by atoms with E-state index in [2.05, 4.69) is 26.7 Å². The van der Waals surface area contributed by atoms with Gasteiger partial charge in [0.05, 0.1) is 5.69 Å². The number of fused-ring (bicyclic) bond motifs is 2. The average Bonchev–Trinajstić information content (AvgIpc) is 3.47. The van der Waals surface area contributed by atoms with E-state index in [0.29, 0.717) is 11.5 Å². The summed E-state index contributed by atoms with van der Waals surface area (Å²) in [6.07, 6.45) is 9.33. The van der Waals surface area contributed by atoms with Gasteiger partial charge in [0.1, 0.15) is 23.7 Å². The molecule has 2 aromatic carbocycles. The molecule has 0 amide bonds. The normalized spacial score (nSPS) is 14.3. The summed E-state index contributed by atoms with van der Waals surface area (Å²) >= 11 is 0. The van der Waals surface area contributed by atoms with Crippen LogP contribution in [-0.2, 0) is 23.1 Å². The van der Waals surface area contributed by atoms with E-state index >= 15 is 0 Å². The predicted octanol–water partition coefficient (Wildman–Crippen LogP) is 5.85. The fourth-order valence-electron chi connectivity index (χ4n) is 4.33. The van der Waals surface area contributed by atoms with E-state index in [1.54, 1.807) is 12.3 Å². The molecule has 36 heavy (non-hydrogen) atoms. The molecule has 0 bridgehead atoms. The van der Waals surface area contributed by atoms with E-state index in [9.17, 15) is 9.90 Å². The number of aliphatic imine (C=N–C) groups is 1. The molecule has 0 unspecified atom stereocenters. The van der Waals surface area contributed by atoms with Gasteiger partial charge in [0.25, 0.3) is 0 Å². The smallest absolute Gasteiger partial charge is 0.326 e. The van der Waals surface area contributed by atoms with Crippen molar-refractivity contribution in [3.63, 3.8) is 0 Å². The Hall–Kier alpha value is -4.39. The highest BCUT2D eigenvalue weighted by Crippen LogP contribution is 2.34. The lowest BCUT2D eigenvalue weighted by molar-refractivity contribution is -0.155. The first-order valence-electron chi connectivity index (χ1n) is 11.8. The highest BCUT2D eigenvalue weighted by molar-refractivity contribution is 6.21. The Balaban J connectivity index is 1.55. The van der Waals surface area contributed by atoms with Gasteiger partial charge >= 0.3 is 5.97 Å². The summed E-state index contributed by atoms with van der Waals surface area (Å²) in [5.41, 5.74) is 4.51. The van der Waals surface area contributed by atoms with E-state index in [1.165, 1.54) is 4.57 Å². The van der Waals surface area contributed by atoms with Gasteiger partial charge in [0, 0.05) is 47.1 Å². The third-order valence-corrected chi connectivity index (χ3v) is 5.89. The van der Waals surface area contributed by atoms with Crippen LogP contribution in [0, 0.1) is 0 Å². The molecular weight excluding hydrogens is 452 g/mol. The van der Waals surface area contributed by atoms with Crippen LogP contribution >= 0.6 is 0 Å². The highest BCUT2D eigenvalue weighted by Gasteiger charge is 2.22. The first-order chi connectivity index (χ1) is 17.2. The molecule has 5 rings (SSSR count). The quantitative estimate of drug-likeness (QED) is 0.363. The van der Waals surface area contributed by atoms with E-state index in [-0.39, 0.29) is 12.4 Å². The summed E-state index contributed by atoms with van der Waals surface area (Å²) in [6, 6.07) is 15.9. The number of aromatic nitrogens is 3. The SMILES string of the molecule is Cn1cc(/C=C/c2nc(/C=C3\C=Nc4ccccc43)c(O)n2CC(=O)OC(C)(C)C)c2ccccc21. The lowest BCUT2D eigenvalue weighted by atomic mass is 10.1. The molecule has 1 aliphatic heterocycles. The van der Waals surface area contributed by atoms with Gasteiger partial charge < -0.3 is 14.4 Å². The van der Waals surface area contributed by atoms with Crippen LogP contribution in [0.1, 0.15) is 43.4 Å². The standard InChI is InChI=1S/C29H28N4O3/c1-29(2,3)36-27(34)18-33-26(14-13-19-17-32(4)25-12-8-6-10-22(19)25)31-24(28(33)35)15-20-16-30-23-11-7-5-9-21(20)23/h5-17,35H,18H2,1-4H3/b14-13+,20-15+. The Morgan fingerprint density at radius 2 is 1.83 bits per heavy atom.